The molecule has 0 aromatic heterocycles. The van der Waals surface area contributed by atoms with Crippen molar-refractivity contribution in [3.8, 4) is 5.75 Å². The molecule has 0 spiro atoms. The number of benzene rings is 3. The normalized spacial score (nSPS) is 10.7. The van der Waals surface area contributed by atoms with Crippen LogP contribution in [0.15, 0.2) is 60.7 Å². The molecular weight excluding hydrogens is 300 g/mol. The molecule has 1 N–H and O–H groups in total. The van der Waals surface area contributed by atoms with Crippen molar-refractivity contribution in [3.05, 3.63) is 77.4 Å². The summed E-state index contributed by atoms with van der Waals surface area (Å²) in [4.78, 5) is 10.6. The molecule has 0 saturated heterocycles. The molecule has 3 aromatic carbocycles. The van der Waals surface area contributed by atoms with Crippen molar-refractivity contribution < 1.29 is 14.6 Å². The van der Waals surface area contributed by atoms with Crippen LogP contribution >= 0.6 is 0 Å². The van der Waals surface area contributed by atoms with Gasteiger partial charge in [0, 0.05) is 6.42 Å². The second-order valence-electron chi connectivity index (χ2n) is 5.91. The molecule has 3 rings (SSSR count). The molecule has 3 heteroatoms. The lowest BCUT2D eigenvalue weighted by Gasteiger charge is -2.11. The summed E-state index contributed by atoms with van der Waals surface area (Å²) >= 11 is 0. The van der Waals surface area contributed by atoms with Gasteiger partial charge in [0.05, 0.1) is 0 Å². The Labute approximate surface area is 141 Å². The molecule has 0 fully saturated rings. The number of aryl methyl sites for hydroxylation is 2. The lowest BCUT2D eigenvalue weighted by Crippen LogP contribution is -1.99. The Morgan fingerprint density at radius 1 is 0.958 bits per heavy atom. The van der Waals surface area contributed by atoms with Gasteiger partial charge in [-0.15, -0.1) is 0 Å². The summed E-state index contributed by atoms with van der Waals surface area (Å²) in [7, 11) is 0. The van der Waals surface area contributed by atoms with E-state index in [4.69, 9.17) is 9.84 Å². The third-order valence-corrected chi connectivity index (χ3v) is 4.18. The Morgan fingerprint density at radius 3 is 2.38 bits per heavy atom. The van der Waals surface area contributed by atoms with E-state index in [1.54, 1.807) is 0 Å². The number of hydrogen-bond acceptors (Lipinski definition) is 2. The van der Waals surface area contributed by atoms with Crippen LogP contribution < -0.4 is 4.74 Å². The Bertz CT molecular complexity index is 851. The van der Waals surface area contributed by atoms with Crippen LogP contribution in [0, 0.1) is 6.92 Å². The smallest absolute Gasteiger partial charge is 0.303 e. The standard InChI is InChI=1S/C21H20O3/c1-15-6-10-17(20-5-3-2-4-19(15)20)14-24-18-11-7-16(8-12-18)9-13-21(22)23/h2-8,10-12H,9,13-14H2,1H3,(H,22,23). The summed E-state index contributed by atoms with van der Waals surface area (Å²) in [6.07, 6.45) is 0.688. The number of carboxylic acids is 1. The Hall–Kier alpha value is -2.81. The third-order valence-electron chi connectivity index (χ3n) is 4.18. The zero-order valence-corrected chi connectivity index (χ0v) is 13.7. The number of hydrogen-bond donors (Lipinski definition) is 1. The summed E-state index contributed by atoms with van der Waals surface area (Å²) in [5.41, 5.74) is 3.42. The predicted molar refractivity (Wildman–Crippen MR) is 95.4 cm³/mol. The zero-order valence-electron chi connectivity index (χ0n) is 13.7. The molecule has 3 aromatic rings. The molecule has 0 aliphatic heterocycles. The lowest BCUT2D eigenvalue weighted by molar-refractivity contribution is -0.136. The van der Waals surface area contributed by atoms with Crippen molar-refractivity contribution in [1.29, 1.82) is 0 Å². The maximum absolute atomic E-state index is 10.6. The fourth-order valence-corrected chi connectivity index (χ4v) is 2.80. The van der Waals surface area contributed by atoms with Crippen LogP contribution in [-0.4, -0.2) is 11.1 Å². The highest BCUT2D eigenvalue weighted by atomic mass is 16.5. The lowest BCUT2D eigenvalue weighted by atomic mass is 10.0. The topological polar surface area (TPSA) is 46.5 Å². The average Bonchev–Trinajstić information content (AvgIpc) is 2.60. The van der Waals surface area contributed by atoms with E-state index in [9.17, 15) is 4.79 Å². The van der Waals surface area contributed by atoms with Crippen molar-refractivity contribution in [3.63, 3.8) is 0 Å². The van der Waals surface area contributed by atoms with Gasteiger partial charge < -0.3 is 9.84 Å². The van der Waals surface area contributed by atoms with Gasteiger partial charge in [0.15, 0.2) is 0 Å². The van der Waals surface area contributed by atoms with Crippen molar-refractivity contribution in [2.45, 2.75) is 26.4 Å². The van der Waals surface area contributed by atoms with Crippen LogP contribution in [0.25, 0.3) is 10.8 Å². The van der Waals surface area contributed by atoms with Gasteiger partial charge in [-0.2, -0.15) is 0 Å². The first-order chi connectivity index (χ1) is 11.6. The number of carboxylic acid groups (broad SMARTS) is 1. The van der Waals surface area contributed by atoms with Gasteiger partial charge >= 0.3 is 5.97 Å². The summed E-state index contributed by atoms with van der Waals surface area (Å²) in [5, 5.41) is 11.2. The van der Waals surface area contributed by atoms with Crippen LogP contribution in [0.4, 0.5) is 0 Å². The molecule has 0 amide bonds. The summed E-state index contributed by atoms with van der Waals surface area (Å²) in [6.45, 7) is 2.62. The summed E-state index contributed by atoms with van der Waals surface area (Å²) in [6, 6.07) is 20.2. The molecule has 0 aliphatic rings. The number of aliphatic carboxylic acids is 1. The van der Waals surface area contributed by atoms with Crippen molar-refractivity contribution in [2.75, 3.05) is 0 Å². The van der Waals surface area contributed by atoms with Gasteiger partial charge in [0.2, 0.25) is 0 Å². The van der Waals surface area contributed by atoms with Gasteiger partial charge in [0.1, 0.15) is 12.4 Å². The molecule has 0 atom stereocenters. The van der Waals surface area contributed by atoms with E-state index in [1.807, 2.05) is 30.3 Å². The summed E-state index contributed by atoms with van der Waals surface area (Å²) in [5.74, 6) is 0.0142. The molecule has 3 nitrogen and oxygen atoms in total. The van der Waals surface area contributed by atoms with Gasteiger partial charge in [0.25, 0.3) is 0 Å². The highest BCUT2D eigenvalue weighted by molar-refractivity contribution is 5.88. The molecule has 0 unspecified atom stereocenters. The van der Waals surface area contributed by atoms with Gasteiger partial charge in [-0.25, -0.2) is 0 Å². The fourth-order valence-electron chi connectivity index (χ4n) is 2.80. The van der Waals surface area contributed by atoms with Crippen molar-refractivity contribution in [2.24, 2.45) is 0 Å². The van der Waals surface area contributed by atoms with E-state index in [-0.39, 0.29) is 6.42 Å². The van der Waals surface area contributed by atoms with Crippen LogP contribution in [-0.2, 0) is 17.8 Å². The van der Waals surface area contributed by atoms with E-state index in [0.29, 0.717) is 13.0 Å². The second kappa shape index (κ2) is 7.18. The monoisotopic (exact) mass is 320 g/mol. The summed E-state index contributed by atoms with van der Waals surface area (Å²) < 4.78 is 5.90. The van der Waals surface area contributed by atoms with E-state index >= 15 is 0 Å². The highest BCUT2D eigenvalue weighted by Crippen LogP contribution is 2.24. The second-order valence-corrected chi connectivity index (χ2v) is 5.91. The first kappa shape index (κ1) is 16.1. The van der Waals surface area contributed by atoms with Gasteiger partial charge in [-0.05, 0) is 52.9 Å². The van der Waals surface area contributed by atoms with E-state index in [0.717, 1.165) is 16.9 Å². The van der Waals surface area contributed by atoms with Crippen LogP contribution in [0.1, 0.15) is 23.1 Å². The number of fused-ring (bicyclic) bond motifs is 1. The largest absolute Gasteiger partial charge is 0.489 e. The molecule has 0 heterocycles. The SMILES string of the molecule is Cc1ccc(COc2ccc(CCC(=O)O)cc2)c2ccccc12. The molecular formula is C21H20O3. The number of ether oxygens (including phenoxy) is 1. The van der Waals surface area contributed by atoms with E-state index in [1.165, 1.54) is 16.3 Å². The zero-order chi connectivity index (χ0) is 16.9. The quantitative estimate of drug-likeness (QED) is 0.713. The van der Waals surface area contributed by atoms with Gasteiger partial charge in [-0.1, -0.05) is 48.5 Å². The molecule has 122 valence electrons. The molecule has 24 heavy (non-hydrogen) atoms. The minimum atomic E-state index is -0.776. The molecule has 0 radical (unpaired) electrons. The molecule has 0 aliphatic carbocycles. The average molecular weight is 320 g/mol. The molecule has 0 bridgehead atoms. The third kappa shape index (κ3) is 3.74. The predicted octanol–water partition coefficient (Wildman–Crippen LogP) is 4.74. The number of carbonyl (C=O) groups is 1. The number of rotatable bonds is 6. The first-order valence-corrected chi connectivity index (χ1v) is 8.04. The minimum absolute atomic E-state index is 0.148. The minimum Gasteiger partial charge on any atom is -0.489 e. The van der Waals surface area contributed by atoms with Crippen molar-refractivity contribution in [1.82, 2.24) is 0 Å². The fraction of sp³-hybridized carbons (Fsp3) is 0.190. The highest BCUT2D eigenvalue weighted by Gasteiger charge is 2.05. The first-order valence-electron chi connectivity index (χ1n) is 8.04. The Kier molecular flexibility index (Phi) is 4.80. The van der Waals surface area contributed by atoms with Crippen LogP contribution in [0.3, 0.4) is 0 Å². The maximum Gasteiger partial charge on any atom is 0.303 e. The van der Waals surface area contributed by atoms with E-state index in [2.05, 4.69) is 37.3 Å². The van der Waals surface area contributed by atoms with Crippen LogP contribution in [0.2, 0.25) is 0 Å². The Balaban J connectivity index is 1.70. The van der Waals surface area contributed by atoms with E-state index < -0.39 is 5.97 Å². The van der Waals surface area contributed by atoms with Gasteiger partial charge in [-0.3, -0.25) is 4.79 Å². The molecule has 0 saturated carbocycles. The Morgan fingerprint density at radius 2 is 1.67 bits per heavy atom. The van der Waals surface area contributed by atoms with Crippen molar-refractivity contribution >= 4 is 16.7 Å². The van der Waals surface area contributed by atoms with Crippen LogP contribution in [0.5, 0.6) is 5.75 Å². The maximum atomic E-state index is 10.6.